The van der Waals surface area contributed by atoms with Crippen molar-refractivity contribution in [3.8, 4) is 0 Å². The molecule has 16 unspecified atom stereocenters. The average Bonchev–Trinajstić information content (AvgIpc) is 3.62. The van der Waals surface area contributed by atoms with E-state index >= 15 is 0 Å². The van der Waals surface area contributed by atoms with Gasteiger partial charge in [-0.3, -0.25) is 9.80 Å². The number of fused-ring (bicyclic) bond motifs is 7. The molecule has 12 aliphatic rings. The van der Waals surface area contributed by atoms with Crippen molar-refractivity contribution in [2.24, 2.45) is 76.4 Å². The van der Waals surface area contributed by atoms with Gasteiger partial charge >= 0.3 is 0 Å². The first-order chi connectivity index (χ1) is 31.7. The molecule has 0 aromatic carbocycles. The Morgan fingerprint density at radius 3 is 1.08 bits per heavy atom. The summed E-state index contributed by atoms with van der Waals surface area (Å²) < 4.78 is 0. The molecule has 0 bridgehead atoms. The summed E-state index contributed by atoms with van der Waals surface area (Å²) in [6.45, 7) is 0. The van der Waals surface area contributed by atoms with Crippen molar-refractivity contribution in [1.29, 1.82) is 0 Å². The van der Waals surface area contributed by atoms with Crippen molar-refractivity contribution < 1.29 is 0 Å². The van der Waals surface area contributed by atoms with E-state index in [1.54, 1.807) is 263 Å². The highest BCUT2D eigenvalue weighted by Gasteiger charge is 2.63. The lowest BCUT2D eigenvalue weighted by Crippen LogP contribution is -2.58. The molecule has 0 N–H and O–H groups in total. The molecule has 2 heteroatoms. The summed E-state index contributed by atoms with van der Waals surface area (Å²) in [5.74, 6) is 12.7. The summed E-state index contributed by atoms with van der Waals surface area (Å²) in [5, 5.41) is 0. The molecule has 16 atom stereocenters. The lowest BCUT2D eigenvalue weighted by Gasteiger charge is -2.56. The Morgan fingerprint density at radius 2 is 0.594 bits per heavy atom. The fourth-order valence-electron chi connectivity index (χ4n) is 22.7. The monoisotopic (exact) mass is 877 g/mol. The molecule has 2 nitrogen and oxygen atoms in total. The van der Waals surface area contributed by atoms with E-state index in [1.165, 1.54) is 12.8 Å². The van der Waals surface area contributed by atoms with Crippen LogP contribution >= 0.6 is 0 Å². The standard InChI is InChI=1S/C62H104N2/c1-4-18-44(19-5-1)48-26-14-28-50(40-48)63(60-32-16-24-46-22-8-10-30-54(46)60)52-34-36-56-57-37-35-53(43-59(57)62(58(56)42-52)38-12-3-13-39-62)64(61-33-17-25-47-23-9-11-31-55(47)61)51-29-15-27-49(41-51)45-20-6-2-7-21-45/h44-61H,1-43H2. The highest BCUT2D eigenvalue weighted by Crippen LogP contribution is 2.69. The van der Waals surface area contributed by atoms with Gasteiger partial charge in [0.25, 0.3) is 0 Å². The first-order valence-corrected chi connectivity index (χ1v) is 31.3. The fraction of sp³-hybridized carbons (Fsp3) is 1.00. The third kappa shape index (κ3) is 8.76. The Labute approximate surface area is 396 Å². The van der Waals surface area contributed by atoms with Crippen molar-refractivity contribution in [2.45, 2.75) is 312 Å². The molecular formula is C62H104N2. The third-order valence-corrected chi connectivity index (χ3v) is 25.1. The second-order valence-corrected chi connectivity index (χ2v) is 27.5. The number of hydrogen-bond donors (Lipinski definition) is 0. The smallest absolute Gasteiger partial charge is 0.0132 e. The van der Waals surface area contributed by atoms with E-state index in [0.29, 0.717) is 5.41 Å². The molecule has 12 rings (SSSR count). The van der Waals surface area contributed by atoms with Crippen LogP contribution in [0.5, 0.6) is 0 Å². The van der Waals surface area contributed by atoms with Crippen LogP contribution in [0.4, 0.5) is 0 Å². The van der Waals surface area contributed by atoms with Crippen molar-refractivity contribution in [2.75, 3.05) is 0 Å². The molecule has 0 saturated heterocycles. The Hall–Kier alpha value is -0.0800. The highest BCUT2D eigenvalue weighted by atomic mass is 15.2. The van der Waals surface area contributed by atoms with E-state index in [1.807, 2.05) is 0 Å². The van der Waals surface area contributed by atoms with E-state index in [2.05, 4.69) is 9.80 Å². The number of rotatable bonds is 8. The van der Waals surface area contributed by atoms with E-state index in [4.69, 9.17) is 0 Å². The summed E-state index contributed by atoms with van der Waals surface area (Å²) in [6.07, 6.45) is 67.7. The maximum absolute atomic E-state index is 3.55. The van der Waals surface area contributed by atoms with E-state index < -0.39 is 0 Å². The minimum Gasteiger partial charge on any atom is -0.294 e. The second kappa shape index (κ2) is 20.3. The van der Waals surface area contributed by atoms with E-state index in [0.717, 1.165) is 107 Å². The van der Waals surface area contributed by atoms with Gasteiger partial charge in [0.05, 0.1) is 0 Å². The van der Waals surface area contributed by atoms with Crippen LogP contribution in [0.15, 0.2) is 0 Å². The Morgan fingerprint density at radius 1 is 0.234 bits per heavy atom. The molecule has 0 aromatic heterocycles. The van der Waals surface area contributed by atoms with Gasteiger partial charge in [0.15, 0.2) is 0 Å². The summed E-state index contributed by atoms with van der Waals surface area (Å²) in [7, 11) is 0. The van der Waals surface area contributed by atoms with Crippen molar-refractivity contribution in [3.63, 3.8) is 0 Å². The molecule has 12 aliphatic carbocycles. The van der Waals surface area contributed by atoms with Gasteiger partial charge in [0.2, 0.25) is 0 Å². The zero-order chi connectivity index (χ0) is 42.5. The van der Waals surface area contributed by atoms with Gasteiger partial charge in [0, 0.05) is 36.3 Å². The van der Waals surface area contributed by atoms with Gasteiger partial charge in [-0.1, -0.05) is 173 Å². The highest BCUT2D eigenvalue weighted by molar-refractivity contribution is 5.13. The van der Waals surface area contributed by atoms with Crippen molar-refractivity contribution >= 4 is 0 Å². The molecule has 64 heavy (non-hydrogen) atoms. The Balaban J connectivity index is 0.837. The van der Waals surface area contributed by atoms with Gasteiger partial charge in [-0.15, -0.1) is 0 Å². The first kappa shape index (κ1) is 45.1. The maximum atomic E-state index is 3.55. The normalized spacial score (nSPS) is 47.2. The van der Waals surface area contributed by atoms with Crippen LogP contribution in [-0.4, -0.2) is 46.1 Å². The quantitative estimate of drug-likeness (QED) is 0.240. The fourth-order valence-corrected chi connectivity index (χ4v) is 22.7. The molecule has 0 aromatic rings. The topological polar surface area (TPSA) is 6.48 Å². The molecule has 12 saturated carbocycles. The van der Waals surface area contributed by atoms with Gasteiger partial charge in [-0.25, -0.2) is 0 Å². The van der Waals surface area contributed by atoms with Crippen molar-refractivity contribution in [1.82, 2.24) is 9.80 Å². The van der Waals surface area contributed by atoms with Gasteiger partial charge in [-0.2, -0.15) is 0 Å². The van der Waals surface area contributed by atoms with E-state index in [9.17, 15) is 0 Å². The minimum atomic E-state index is 0.691. The first-order valence-electron chi connectivity index (χ1n) is 31.3. The molecule has 362 valence electrons. The zero-order valence-electron chi connectivity index (χ0n) is 42.2. The maximum Gasteiger partial charge on any atom is 0.0132 e. The summed E-state index contributed by atoms with van der Waals surface area (Å²) in [5.41, 5.74) is 0.691. The Bertz CT molecular complexity index is 1360. The summed E-state index contributed by atoms with van der Waals surface area (Å²) >= 11 is 0. The predicted molar refractivity (Wildman–Crippen MR) is 269 cm³/mol. The van der Waals surface area contributed by atoms with Crippen LogP contribution in [0.1, 0.15) is 276 Å². The van der Waals surface area contributed by atoms with Crippen molar-refractivity contribution in [3.05, 3.63) is 0 Å². The van der Waals surface area contributed by atoms with Crippen LogP contribution in [0.2, 0.25) is 0 Å². The molecule has 0 amide bonds. The SMILES string of the molecule is C1CCC(C2CCCC(N(C3CCC4C5CCC(N(C6CCCC(C7CCCCC7)C6)C6CCCC7CCCCC76)CC5C5(CCCCC5)C4C3)C3CCCC4CCCCC43)C2)CC1. The number of nitrogens with zero attached hydrogens (tertiary/aromatic N) is 2. The predicted octanol–water partition coefficient (Wildman–Crippen LogP) is 17.1. The summed E-state index contributed by atoms with van der Waals surface area (Å²) in [4.78, 5) is 7.09. The van der Waals surface area contributed by atoms with E-state index in [-0.39, 0.29) is 0 Å². The van der Waals surface area contributed by atoms with Gasteiger partial charge in [0.1, 0.15) is 0 Å². The van der Waals surface area contributed by atoms with Gasteiger partial charge < -0.3 is 0 Å². The van der Waals surface area contributed by atoms with Crippen LogP contribution < -0.4 is 0 Å². The van der Waals surface area contributed by atoms with Crippen LogP contribution in [-0.2, 0) is 0 Å². The zero-order valence-corrected chi connectivity index (χ0v) is 42.2. The van der Waals surface area contributed by atoms with Crippen LogP contribution in [0.3, 0.4) is 0 Å². The second-order valence-electron chi connectivity index (χ2n) is 27.5. The molecule has 0 radical (unpaired) electrons. The molecular weight excluding hydrogens is 773 g/mol. The largest absolute Gasteiger partial charge is 0.294 e. The minimum absolute atomic E-state index is 0.691. The Kier molecular flexibility index (Phi) is 14.3. The summed E-state index contributed by atoms with van der Waals surface area (Å²) in [6, 6.07) is 5.54. The van der Waals surface area contributed by atoms with Crippen LogP contribution in [0.25, 0.3) is 0 Å². The third-order valence-electron chi connectivity index (χ3n) is 25.1. The molecule has 0 aliphatic heterocycles. The van der Waals surface area contributed by atoms with Gasteiger partial charge in [-0.05, 0) is 179 Å². The lowest BCUT2D eigenvalue weighted by atomic mass is 9.57. The molecule has 1 spiro atoms. The lowest BCUT2D eigenvalue weighted by molar-refractivity contribution is -0.0705. The average molecular weight is 878 g/mol. The van der Waals surface area contributed by atoms with Crippen LogP contribution in [0, 0.1) is 76.4 Å². The molecule has 0 heterocycles. The molecule has 12 fully saturated rings. The number of hydrogen-bond acceptors (Lipinski definition) is 2.